The Hall–Kier alpha value is -2.62. The molecule has 0 unspecified atom stereocenters. The summed E-state index contributed by atoms with van der Waals surface area (Å²) in [5.41, 5.74) is 8.13. The third-order valence-corrected chi connectivity index (χ3v) is 4.02. The molecule has 0 atom stereocenters. The third-order valence-electron chi connectivity index (χ3n) is 4.02. The van der Waals surface area contributed by atoms with Gasteiger partial charge in [0.1, 0.15) is 5.75 Å². The van der Waals surface area contributed by atoms with Crippen molar-refractivity contribution in [3.8, 4) is 5.75 Å². The van der Waals surface area contributed by atoms with Crippen molar-refractivity contribution in [3.63, 3.8) is 0 Å². The Kier molecular flexibility index (Phi) is 6.34. The Morgan fingerprint density at radius 1 is 1.16 bits per heavy atom. The van der Waals surface area contributed by atoms with E-state index in [1.807, 2.05) is 38.1 Å². The largest absolute Gasteiger partial charge is 0.483 e. The van der Waals surface area contributed by atoms with Crippen molar-refractivity contribution < 1.29 is 9.53 Å². The molecule has 1 N–H and O–H groups in total. The topological polar surface area (TPSA) is 50.7 Å². The van der Waals surface area contributed by atoms with Crippen LogP contribution in [0, 0.1) is 20.8 Å². The molecule has 4 heteroatoms. The van der Waals surface area contributed by atoms with Crippen LogP contribution < -0.4 is 10.2 Å². The summed E-state index contributed by atoms with van der Waals surface area (Å²) in [7, 11) is 0. The van der Waals surface area contributed by atoms with Gasteiger partial charge >= 0.3 is 0 Å². The van der Waals surface area contributed by atoms with Crippen LogP contribution >= 0.6 is 0 Å². The molecule has 0 aliphatic carbocycles. The number of nitrogens with one attached hydrogen (secondary N) is 1. The first-order valence-corrected chi connectivity index (χ1v) is 8.50. The molecule has 2 aromatic rings. The van der Waals surface area contributed by atoms with Gasteiger partial charge in [0.2, 0.25) is 0 Å². The lowest BCUT2D eigenvalue weighted by atomic mass is 10.0. The maximum atomic E-state index is 12.0. The van der Waals surface area contributed by atoms with Crippen molar-refractivity contribution in [3.05, 3.63) is 64.2 Å². The molecular weight excluding hydrogens is 312 g/mol. The molecule has 0 radical (unpaired) electrons. The average Bonchev–Trinajstić information content (AvgIpc) is 2.55. The average molecular weight is 338 g/mol. The lowest BCUT2D eigenvalue weighted by Gasteiger charge is -2.13. The Labute approximate surface area is 149 Å². The number of hydrazone groups is 1. The predicted octanol–water partition coefficient (Wildman–Crippen LogP) is 4.26. The van der Waals surface area contributed by atoms with Gasteiger partial charge in [-0.25, -0.2) is 5.43 Å². The van der Waals surface area contributed by atoms with Gasteiger partial charge in [0.25, 0.3) is 5.91 Å². The minimum absolute atomic E-state index is 0.0626. The van der Waals surface area contributed by atoms with Gasteiger partial charge in [-0.3, -0.25) is 4.79 Å². The van der Waals surface area contributed by atoms with Gasteiger partial charge < -0.3 is 4.74 Å². The van der Waals surface area contributed by atoms with Crippen molar-refractivity contribution >= 4 is 12.1 Å². The zero-order valence-electron chi connectivity index (χ0n) is 15.6. The van der Waals surface area contributed by atoms with Crippen molar-refractivity contribution in [1.29, 1.82) is 0 Å². The molecule has 1 amide bonds. The molecular formula is C21H26N2O2. The highest BCUT2D eigenvalue weighted by Gasteiger charge is 2.09. The first-order chi connectivity index (χ1) is 11.9. The van der Waals surface area contributed by atoms with Crippen LogP contribution in [0.2, 0.25) is 0 Å². The van der Waals surface area contributed by atoms with Crippen LogP contribution in [0.25, 0.3) is 0 Å². The van der Waals surface area contributed by atoms with E-state index in [0.717, 1.165) is 28.0 Å². The quantitative estimate of drug-likeness (QED) is 0.632. The molecule has 0 heterocycles. The highest BCUT2D eigenvalue weighted by Crippen LogP contribution is 2.25. The smallest absolute Gasteiger partial charge is 0.277 e. The van der Waals surface area contributed by atoms with Gasteiger partial charge in [-0.2, -0.15) is 5.10 Å². The lowest BCUT2D eigenvalue weighted by molar-refractivity contribution is -0.123. The number of carbonyl (C=O) groups excluding carboxylic acids is 1. The second-order valence-electron chi connectivity index (χ2n) is 6.59. The highest BCUT2D eigenvalue weighted by molar-refractivity contribution is 5.85. The van der Waals surface area contributed by atoms with Gasteiger partial charge in [-0.05, 0) is 49.4 Å². The van der Waals surface area contributed by atoms with Gasteiger partial charge in [0, 0.05) is 5.56 Å². The fraction of sp³-hybridized carbons (Fsp3) is 0.333. The summed E-state index contributed by atoms with van der Waals surface area (Å²) < 4.78 is 5.64. The highest BCUT2D eigenvalue weighted by atomic mass is 16.5. The van der Waals surface area contributed by atoms with Gasteiger partial charge in [-0.1, -0.05) is 49.7 Å². The number of amides is 1. The predicted molar refractivity (Wildman–Crippen MR) is 102 cm³/mol. The van der Waals surface area contributed by atoms with E-state index in [-0.39, 0.29) is 12.5 Å². The van der Waals surface area contributed by atoms with Crippen molar-refractivity contribution in [1.82, 2.24) is 5.43 Å². The van der Waals surface area contributed by atoms with E-state index >= 15 is 0 Å². The van der Waals surface area contributed by atoms with E-state index in [0.29, 0.717) is 5.92 Å². The molecule has 0 saturated heterocycles. The number of carbonyl (C=O) groups is 1. The summed E-state index contributed by atoms with van der Waals surface area (Å²) in [6.07, 6.45) is 1.68. The summed E-state index contributed by atoms with van der Waals surface area (Å²) >= 11 is 0. The summed E-state index contributed by atoms with van der Waals surface area (Å²) in [5, 5.41) is 4.06. The summed E-state index contributed by atoms with van der Waals surface area (Å²) in [6.45, 7) is 10.3. The minimum Gasteiger partial charge on any atom is -0.483 e. The number of hydrogen-bond donors (Lipinski definition) is 1. The summed E-state index contributed by atoms with van der Waals surface area (Å²) in [4.78, 5) is 12.0. The summed E-state index contributed by atoms with van der Waals surface area (Å²) in [6, 6.07) is 12.0. The maximum absolute atomic E-state index is 12.0. The molecule has 0 fully saturated rings. The second-order valence-corrected chi connectivity index (χ2v) is 6.59. The fourth-order valence-electron chi connectivity index (χ4n) is 2.83. The van der Waals surface area contributed by atoms with Crippen LogP contribution in [0.15, 0.2) is 41.5 Å². The van der Waals surface area contributed by atoms with E-state index in [1.165, 1.54) is 5.56 Å². The number of para-hydroxylation sites is 1. The zero-order valence-corrected chi connectivity index (χ0v) is 15.6. The zero-order chi connectivity index (χ0) is 18.4. The molecule has 0 aromatic heterocycles. The first kappa shape index (κ1) is 18.7. The normalized spacial score (nSPS) is 11.1. The van der Waals surface area contributed by atoms with E-state index in [4.69, 9.17) is 4.74 Å². The van der Waals surface area contributed by atoms with Crippen molar-refractivity contribution in [2.24, 2.45) is 5.10 Å². The minimum atomic E-state index is -0.280. The Bertz CT molecular complexity index is 756. The molecule has 0 aliphatic heterocycles. The number of rotatable bonds is 6. The third kappa shape index (κ3) is 5.18. The maximum Gasteiger partial charge on any atom is 0.277 e. The van der Waals surface area contributed by atoms with E-state index in [2.05, 4.69) is 43.4 Å². The van der Waals surface area contributed by atoms with Gasteiger partial charge in [0.05, 0.1) is 6.21 Å². The number of benzene rings is 2. The van der Waals surface area contributed by atoms with E-state index < -0.39 is 0 Å². The number of nitrogens with zero attached hydrogens (tertiary/aromatic N) is 1. The monoisotopic (exact) mass is 338 g/mol. The van der Waals surface area contributed by atoms with E-state index in [9.17, 15) is 4.79 Å². The van der Waals surface area contributed by atoms with Gasteiger partial charge in [0.15, 0.2) is 6.61 Å². The SMILES string of the molecule is Cc1cc(C)c(C=NNC(=O)COc2ccccc2C(C)C)c(C)c1. The Morgan fingerprint density at radius 3 is 2.44 bits per heavy atom. The first-order valence-electron chi connectivity index (χ1n) is 8.50. The number of hydrogen-bond acceptors (Lipinski definition) is 3. The molecule has 0 bridgehead atoms. The second kappa shape index (κ2) is 8.47. The molecule has 0 aliphatic rings. The number of aryl methyl sites for hydroxylation is 3. The molecule has 0 spiro atoms. The standard InChI is InChI=1S/C21H26N2O2/c1-14(2)18-8-6-7-9-20(18)25-13-21(24)23-22-12-19-16(4)10-15(3)11-17(19)5/h6-12,14H,13H2,1-5H3,(H,23,24). The molecule has 25 heavy (non-hydrogen) atoms. The van der Waals surface area contributed by atoms with Gasteiger partial charge in [-0.15, -0.1) is 0 Å². The molecule has 132 valence electrons. The van der Waals surface area contributed by atoms with Crippen molar-refractivity contribution in [2.75, 3.05) is 6.61 Å². The van der Waals surface area contributed by atoms with Crippen LogP contribution in [0.1, 0.15) is 47.6 Å². The summed E-state index contributed by atoms with van der Waals surface area (Å²) in [5.74, 6) is 0.795. The Morgan fingerprint density at radius 2 is 1.80 bits per heavy atom. The number of ether oxygens (including phenoxy) is 1. The van der Waals surface area contributed by atoms with Crippen LogP contribution in [0.4, 0.5) is 0 Å². The van der Waals surface area contributed by atoms with Crippen molar-refractivity contribution in [2.45, 2.75) is 40.5 Å². The van der Waals surface area contributed by atoms with Crippen LogP contribution in [0.5, 0.6) is 5.75 Å². The molecule has 2 aromatic carbocycles. The fourth-order valence-corrected chi connectivity index (χ4v) is 2.83. The van der Waals surface area contributed by atoms with E-state index in [1.54, 1.807) is 6.21 Å². The van der Waals surface area contributed by atoms with Crippen LogP contribution in [-0.2, 0) is 4.79 Å². The lowest BCUT2D eigenvalue weighted by Crippen LogP contribution is -2.25. The molecule has 4 nitrogen and oxygen atoms in total. The molecule has 2 rings (SSSR count). The Balaban J connectivity index is 1.94. The van der Waals surface area contributed by atoms with Crippen LogP contribution in [-0.4, -0.2) is 18.7 Å². The molecule has 0 saturated carbocycles. The van der Waals surface area contributed by atoms with Crippen LogP contribution in [0.3, 0.4) is 0 Å².